The van der Waals surface area contributed by atoms with Crippen molar-refractivity contribution in [3.63, 3.8) is 0 Å². The van der Waals surface area contributed by atoms with E-state index in [-0.39, 0.29) is 50.9 Å². The first-order valence-corrected chi connectivity index (χ1v) is 13.1. The summed E-state index contributed by atoms with van der Waals surface area (Å²) in [5.41, 5.74) is 9.83. The maximum atomic E-state index is 12.9. The quantitative estimate of drug-likeness (QED) is 0.515. The molecular weight excluding hydrogens is 422 g/mol. The summed E-state index contributed by atoms with van der Waals surface area (Å²) in [5, 5.41) is 10.3. The van der Waals surface area contributed by atoms with Crippen molar-refractivity contribution < 1.29 is 14.7 Å². The smallest absolute Gasteiger partial charge is 0.220 e. The zero-order chi connectivity index (χ0) is 24.9. The number of rotatable bonds is 2. The van der Waals surface area contributed by atoms with E-state index in [2.05, 4.69) is 46.8 Å². The zero-order valence-corrected chi connectivity index (χ0v) is 21.8. The van der Waals surface area contributed by atoms with Gasteiger partial charge in [0.05, 0.1) is 6.54 Å². The number of ketones is 2. The molecule has 184 valence electrons. The van der Waals surface area contributed by atoms with Crippen LogP contribution in [0.25, 0.3) is 0 Å². The maximum Gasteiger partial charge on any atom is 0.220 e. The van der Waals surface area contributed by atoms with E-state index >= 15 is 0 Å². The Bertz CT molecular complexity index is 1120. The van der Waals surface area contributed by atoms with E-state index in [9.17, 15) is 14.7 Å². The molecule has 3 N–H and O–H groups in total. The van der Waals surface area contributed by atoms with Gasteiger partial charge in [-0.25, -0.2) is 0 Å². The third-order valence-electron chi connectivity index (χ3n) is 11.7. The fraction of sp³-hybridized carbons (Fsp3) is 0.667. The summed E-state index contributed by atoms with van der Waals surface area (Å²) >= 11 is 0. The Kier molecular flexibility index (Phi) is 4.94. The van der Waals surface area contributed by atoms with Crippen LogP contribution in [0.2, 0.25) is 0 Å². The van der Waals surface area contributed by atoms with Gasteiger partial charge in [-0.3, -0.25) is 9.59 Å². The standard InChI is InChI=1S/C30H41NO3/c1-18-19-7-8-22-28(4,20(19)15-21(32)25(18)34)12-14-30(6)23-16-27(3,24(33)17-31)10-9-26(23,2)11-13-29(22,30)5/h7-8,15,23,34H,9-14,16-17,31H2,1-6H3. The first-order valence-electron chi connectivity index (χ1n) is 13.1. The van der Waals surface area contributed by atoms with Crippen molar-refractivity contribution in [3.05, 3.63) is 46.3 Å². The summed E-state index contributed by atoms with van der Waals surface area (Å²) in [6.07, 6.45) is 13.4. The Morgan fingerprint density at radius 2 is 1.71 bits per heavy atom. The molecule has 0 amide bonds. The number of hydrogen-bond acceptors (Lipinski definition) is 4. The monoisotopic (exact) mass is 463 g/mol. The highest BCUT2D eigenvalue weighted by molar-refractivity contribution is 6.06. The third-order valence-corrected chi connectivity index (χ3v) is 11.7. The minimum atomic E-state index is -0.327. The van der Waals surface area contributed by atoms with Crippen LogP contribution >= 0.6 is 0 Å². The lowest BCUT2D eigenvalue weighted by molar-refractivity contribution is -0.167. The van der Waals surface area contributed by atoms with E-state index in [1.807, 2.05) is 6.92 Å². The molecule has 0 radical (unpaired) electrons. The second-order valence-electron chi connectivity index (χ2n) is 13.2. The summed E-state index contributed by atoms with van der Waals surface area (Å²) in [4.78, 5) is 25.6. The highest BCUT2D eigenvalue weighted by Crippen LogP contribution is 2.75. The molecular formula is C30H41NO3. The van der Waals surface area contributed by atoms with E-state index < -0.39 is 0 Å². The van der Waals surface area contributed by atoms with E-state index in [0.29, 0.717) is 11.5 Å². The predicted octanol–water partition coefficient (Wildman–Crippen LogP) is 6.14. The first-order chi connectivity index (χ1) is 15.8. The second kappa shape index (κ2) is 7.06. The van der Waals surface area contributed by atoms with Gasteiger partial charge in [-0.2, -0.15) is 0 Å². The average molecular weight is 464 g/mol. The van der Waals surface area contributed by atoms with Gasteiger partial charge in [0.2, 0.25) is 5.78 Å². The van der Waals surface area contributed by atoms with Crippen molar-refractivity contribution in [2.45, 2.75) is 86.5 Å². The summed E-state index contributed by atoms with van der Waals surface area (Å²) < 4.78 is 0. The third kappa shape index (κ3) is 2.75. The number of aliphatic hydroxyl groups is 1. The largest absolute Gasteiger partial charge is 0.504 e. The van der Waals surface area contributed by atoms with Crippen LogP contribution in [0.1, 0.15) is 86.5 Å². The van der Waals surface area contributed by atoms with E-state index in [1.165, 1.54) is 12.0 Å². The molecule has 3 fully saturated rings. The van der Waals surface area contributed by atoms with E-state index in [4.69, 9.17) is 5.73 Å². The second-order valence-corrected chi connectivity index (χ2v) is 13.2. The molecule has 0 saturated heterocycles. The average Bonchev–Trinajstić information content (AvgIpc) is 2.80. The van der Waals surface area contributed by atoms with Crippen LogP contribution in [0.3, 0.4) is 0 Å². The molecule has 0 aromatic carbocycles. The molecule has 0 aromatic heterocycles. The topological polar surface area (TPSA) is 80.4 Å². The van der Waals surface area contributed by atoms with Crippen molar-refractivity contribution in [2.75, 3.05) is 6.54 Å². The Labute approximate surface area is 204 Å². The minimum Gasteiger partial charge on any atom is -0.504 e. The highest BCUT2D eigenvalue weighted by atomic mass is 16.3. The Balaban J connectivity index is 1.63. The fourth-order valence-electron chi connectivity index (χ4n) is 8.96. The van der Waals surface area contributed by atoms with Crippen LogP contribution in [-0.4, -0.2) is 23.2 Å². The van der Waals surface area contributed by atoms with Crippen LogP contribution in [0, 0.1) is 33.0 Å². The lowest BCUT2D eigenvalue weighted by Crippen LogP contribution is -2.62. The van der Waals surface area contributed by atoms with Gasteiger partial charge < -0.3 is 10.8 Å². The van der Waals surface area contributed by atoms with Gasteiger partial charge in [-0.1, -0.05) is 52.3 Å². The van der Waals surface area contributed by atoms with Crippen LogP contribution in [0.15, 0.2) is 46.3 Å². The van der Waals surface area contributed by atoms with Crippen LogP contribution < -0.4 is 5.73 Å². The lowest BCUT2D eigenvalue weighted by atomic mass is 9.34. The van der Waals surface area contributed by atoms with Crippen molar-refractivity contribution >= 4 is 11.6 Å². The Morgan fingerprint density at radius 1 is 1.03 bits per heavy atom. The predicted molar refractivity (Wildman–Crippen MR) is 135 cm³/mol. The molecule has 0 bridgehead atoms. The molecule has 3 saturated carbocycles. The van der Waals surface area contributed by atoms with Gasteiger partial charge in [0.1, 0.15) is 0 Å². The molecule has 4 heteroatoms. The van der Waals surface area contributed by atoms with Crippen LogP contribution in [0.4, 0.5) is 0 Å². The van der Waals surface area contributed by atoms with Crippen molar-refractivity contribution in [3.8, 4) is 0 Å². The minimum absolute atomic E-state index is 0.0166. The maximum absolute atomic E-state index is 12.9. The molecule has 5 aliphatic carbocycles. The Morgan fingerprint density at radius 3 is 2.38 bits per heavy atom. The molecule has 6 unspecified atom stereocenters. The van der Waals surface area contributed by atoms with Crippen molar-refractivity contribution in [1.82, 2.24) is 0 Å². The van der Waals surface area contributed by atoms with Gasteiger partial charge in [0.15, 0.2) is 11.5 Å². The molecule has 34 heavy (non-hydrogen) atoms. The Hall–Kier alpha value is -1.94. The number of carbonyl (C=O) groups is 2. The number of nitrogens with two attached hydrogens (primary N) is 1. The SMILES string of the molecule is CC1=C(O)C(=O)C=C2C1=CC=C1C2(C)CCC2(C)C3CC(C)(C(=O)CN)CCC3(C)CCC12C. The number of carbonyl (C=O) groups excluding carboxylic acids is 2. The van der Waals surface area contributed by atoms with Crippen LogP contribution in [-0.2, 0) is 9.59 Å². The van der Waals surface area contributed by atoms with Gasteiger partial charge in [0, 0.05) is 16.4 Å². The molecule has 5 aliphatic rings. The summed E-state index contributed by atoms with van der Waals surface area (Å²) in [6, 6.07) is 0. The normalized spacial score (nSPS) is 45.8. The van der Waals surface area contributed by atoms with Gasteiger partial charge >= 0.3 is 0 Å². The molecule has 0 heterocycles. The fourth-order valence-corrected chi connectivity index (χ4v) is 8.96. The number of allylic oxidation sites excluding steroid dienone is 7. The number of aliphatic hydroxyl groups excluding tert-OH is 1. The molecule has 0 spiro atoms. The van der Waals surface area contributed by atoms with Gasteiger partial charge in [0.25, 0.3) is 0 Å². The van der Waals surface area contributed by atoms with E-state index in [0.717, 1.165) is 49.7 Å². The zero-order valence-electron chi connectivity index (χ0n) is 21.8. The molecule has 5 rings (SSSR count). The molecule has 0 aromatic rings. The van der Waals surface area contributed by atoms with Gasteiger partial charge in [-0.05, 0) is 91.3 Å². The lowest BCUT2D eigenvalue weighted by Gasteiger charge is -2.70. The first kappa shape index (κ1) is 23.8. The molecule has 6 atom stereocenters. The van der Waals surface area contributed by atoms with Crippen LogP contribution in [0.5, 0.6) is 0 Å². The number of Topliss-reactive ketones (excluding diaryl/α,β-unsaturated/α-hetero) is 1. The summed E-state index contributed by atoms with van der Waals surface area (Å²) in [5.74, 6) is 0.270. The number of fused-ring (bicyclic) bond motifs is 7. The number of hydrogen-bond donors (Lipinski definition) is 2. The molecule has 4 nitrogen and oxygen atoms in total. The highest BCUT2D eigenvalue weighted by Gasteiger charge is 2.67. The van der Waals surface area contributed by atoms with E-state index in [1.54, 1.807) is 6.08 Å². The summed E-state index contributed by atoms with van der Waals surface area (Å²) in [7, 11) is 0. The summed E-state index contributed by atoms with van der Waals surface area (Å²) in [6.45, 7) is 13.9. The van der Waals surface area contributed by atoms with Crippen molar-refractivity contribution in [1.29, 1.82) is 0 Å². The van der Waals surface area contributed by atoms with Crippen molar-refractivity contribution in [2.24, 2.45) is 38.7 Å². The molecule has 0 aliphatic heterocycles. The van der Waals surface area contributed by atoms with Gasteiger partial charge in [-0.15, -0.1) is 0 Å².